The van der Waals surface area contributed by atoms with Crippen LogP contribution in [0.1, 0.15) is 44.5 Å². The second kappa shape index (κ2) is 30.1. The summed E-state index contributed by atoms with van der Waals surface area (Å²) in [5, 5.41) is 141. The summed E-state index contributed by atoms with van der Waals surface area (Å²) >= 11 is 0. The van der Waals surface area contributed by atoms with E-state index in [4.69, 9.17) is 81.7 Å². The van der Waals surface area contributed by atoms with Crippen LogP contribution in [0.25, 0.3) is 0 Å². The van der Waals surface area contributed by atoms with Gasteiger partial charge in [0, 0.05) is 48.5 Å². The SMILES string of the molecule is Cc1cc(O)cc(O)c1.Cc1cc(O)cc(O)c1.Cc1cc(O)cc(O)c1.Cc1cc(O)cc(O)c1.Cc1cc(O)cc(O)c1.Cc1cc(O)cc(O)c1.Cc1cc(O)cc(O)c1.Cc1cc(O)cc(O)c1. The Balaban J connectivity index is 0.000000411. The van der Waals surface area contributed by atoms with Crippen molar-refractivity contribution in [1.82, 2.24) is 0 Å². The molecule has 0 amide bonds. The standard InChI is InChI=1S/8C7H8O2/c8*1-5-2-6(8)4-7(9)3-5/h8*2-4,8-9H,1H3. The zero-order valence-corrected chi connectivity index (χ0v) is 41.0. The summed E-state index contributed by atoms with van der Waals surface area (Å²) in [5.41, 5.74) is 6.83. The molecule has 0 saturated carbocycles. The van der Waals surface area contributed by atoms with E-state index in [0.717, 1.165) is 44.5 Å². The van der Waals surface area contributed by atoms with Crippen LogP contribution in [0, 0.1) is 55.4 Å². The number of aromatic hydroxyl groups is 16. The first-order valence-electron chi connectivity index (χ1n) is 21.4. The lowest BCUT2D eigenvalue weighted by atomic mass is 10.2. The Morgan fingerprint density at radius 1 is 0.125 bits per heavy atom. The maximum atomic E-state index is 8.83. The lowest BCUT2D eigenvalue weighted by Gasteiger charge is -1.95. The molecular weight excluding hydrogens is 929 g/mol. The molecule has 0 fully saturated rings. The van der Waals surface area contributed by atoms with Gasteiger partial charge in [0.2, 0.25) is 0 Å². The number of phenols is 16. The predicted molar refractivity (Wildman–Crippen MR) is 276 cm³/mol. The number of rotatable bonds is 0. The van der Waals surface area contributed by atoms with E-state index in [1.54, 1.807) is 152 Å². The average molecular weight is 993 g/mol. The molecule has 72 heavy (non-hydrogen) atoms. The highest BCUT2D eigenvalue weighted by Gasteiger charge is 1.97. The van der Waals surface area contributed by atoms with Gasteiger partial charge in [0.1, 0.15) is 92.0 Å². The first-order valence-corrected chi connectivity index (χ1v) is 21.4. The quantitative estimate of drug-likeness (QED) is 0.0671. The van der Waals surface area contributed by atoms with E-state index < -0.39 is 0 Å². The Bertz CT molecular complexity index is 1940. The molecule has 0 saturated heterocycles. The van der Waals surface area contributed by atoms with Crippen LogP contribution in [0.5, 0.6) is 92.0 Å². The number of phenolic OH excluding ortho intramolecular Hbond substituents is 16. The van der Waals surface area contributed by atoms with Crippen LogP contribution in [-0.2, 0) is 0 Å². The molecule has 0 atom stereocenters. The van der Waals surface area contributed by atoms with Crippen molar-refractivity contribution in [2.24, 2.45) is 0 Å². The molecule has 8 aromatic carbocycles. The van der Waals surface area contributed by atoms with Crippen LogP contribution in [0.2, 0.25) is 0 Å². The zero-order chi connectivity index (χ0) is 54.8. The molecule has 16 heteroatoms. The van der Waals surface area contributed by atoms with Gasteiger partial charge in [-0.2, -0.15) is 0 Å². The molecule has 0 bridgehead atoms. The van der Waals surface area contributed by atoms with Crippen molar-refractivity contribution >= 4 is 0 Å². The Hall–Kier alpha value is -9.44. The smallest absolute Gasteiger partial charge is 0.119 e. The molecular formula is C56H64O16. The highest BCUT2D eigenvalue weighted by Crippen LogP contribution is 2.24. The van der Waals surface area contributed by atoms with Gasteiger partial charge in [0.05, 0.1) is 0 Å². The van der Waals surface area contributed by atoms with Gasteiger partial charge < -0.3 is 81.7 Å². The van der Waals surface area contributed by atoms with Crippen molar-refractivity contribution in [3.05, 3.63) is 190 Å². The topological polar surface area (TPSA) is 324 Å². The Morgan fingerprint density at radius 2 is 0.181 bits per heavy atom. The minimum absolute atomic E-state index is 0.104. The monoisotopic (exact) mass is 992 g/mol. The maximum Gasteiger partial charge on any atom is 0.119 e. The van der Waals surface area contributed by atoms with Crippen molar-refractivity contribution in [2.45, 2.75) is 55.4 Å². The molecule has 0 aliphatic rings. The van der Waals surface area contributed by atoms with Gasteiger partial charge in [-0.05, 0) is 197 Å². The number of hydrogen-bond acceptors (Lipinski definition) is 16. The largest absolute Gasteiger partial charge is 0.508 e. The van der Waals surface area contributed by atoms with Gasteiger partial charge in [-0.25, -0.2) is 0 Å². The third kappa shape index (κ3) is 28.7. The average Bonchev–Trinajstić information content (AvgIpc) is 3.15. The number of benzene rings is 8. The fourth-order valence-corrected chi connectivity index (χ4v) is 5.94. The summed E-state index contributed by atoms with van der Waals surface area (Å²) in [6.07, 6.45) is 0. The van der Waals surface area contributed by atoms with Crippen molar-refractivity contribution in [3.63, 3.8) is 0 Å². The highest BCUT2D eigenvalue weighted by molar-refractivity contribution is 5.40. The van der Waals surface area contributed by atoms with Gasteiger partial charge in [0.15, 0.2) is 0 Å². The summed E-state index contributed by atoms with van der Waals surface area (Å²) in [6.45, 7) is 14.4. The molecule has 0 spiro atoms. The maximum absolute atomic E-state index is 8.83. The molecule has 384 valence electrons. The zero-order valence-electron chi connectivity index (χ0n) is 41.0. The van der Waals surface area contributed by atoms with Crippen LogP contribution >= 0.6 is 0 Å². The molecule has 0 radical (unpaired) electrons. The van der Waals surface area contributed by atoms with Gasteiger partial charge in [0.25, 0.3) is 0 Å². The number of aryl methyl sites for hydroxylation is 8. The second-order valence-corrected chi connectivity index (χ2v) is 16.2. The molecule has 0 aromatic heterocycles. The van der Waals surface area contributed by atoms with Crippen LogP contribution in [0.15, 0.2) is 146 Å². The summed E-state index contributed by atoms with van der Waals surface area (Å²) in [7, 11) is 0. The molecule has 16 N–H and O–H groups in total. The third-order valence-electron chi connectivity index (χ3n) is 8.37. The van der Waals surface area contributed by atoms with Crippen LogP contribution in [-0.4, -0.2) is 81.7 Å². The molecule has 0 heterocycles. The van der Waals surface area contributed by atoms with E-state index in [1.807, 2.05) is 0 Å². The van der Waals surface area contributed by atoms with Gasteiger partial charge in [-0.15, -0.1) is 0 Å². The molecule has 0 aliphatic carbocycles. The fraction of sp³-hybridized carbons (Fsp3) is 0.143. The highest BCUT2D eigenvalue weighted by atomic mass is 16.3. The first kappa shape index (κ1) is 60.6. The van der Waals surface area contributed by atoms with Crippen molar-refractivity contribution in [1.29, 1.82) is 0 Å². The first-order chi connectivity index (χ1) is 33.5. The lowest BCUT2D eigenvalue weighted by Crippen LogP contribution is -1.70. The van der Waals surface area contributed by atoms with E-state index in [0.29, 0.717) is 0 Å². The minimum Gasteiger partial charge on any atom is -0.508 e. The summed E-state index contributed by atoms with van der Waals surface area (Å²) in [4.78, 5) is 0. The van der Waals surface area contributed by atoms with Crippen molar-refractivity contribution < 1.29 is 81.7 Å². The van der Waals surface area contributed by atoms with E-state index in [2.05, 4.69) is 0 Å². The van der Waals surface area contributed by atoms with Gasteiger partial charge >= 0.3 is 0 Å². The predicted octanol–water partition coefficient (Wildman–Crippen LogP) is 11.2. The Labute approximate surface area is 417 Å². The summed E-state index contributed by atoms with van der Waals surface area (Å²) in [5.74, 6) is 1.67. The van der Waals surface area contributed by atoms with Gasteiger partial charge in [-0.1, -0.05) is 0 Å². The molecule has 16 nitrogen and oxygen atoms in total. The summed E-state index contributed by atoms with van der Waals surface area (Å²) < 4.78 is 0. The normalized spacial score (nSPS) is 9.44. The fourth-order valence-electron chi connectivity index (χ4n) is 5.94. The van der Waals surface area contributed by atoms with Crippen molar-refractivity contribution in [3.8, 4) is 92.0 Å². The molecule has 0 aliphatic heterocycles. The van der Waals surface area contributed by atoms with E-state index >= 15 is 0 Å². The minimum atomic E-state index is 0.104. The second-order valence-electron chi connectivity index (χ2n) is 16.2. The third-order valence-corrected chi connectivity index (χ3v) is 8.37. The van der Waals surface area contributed by atoms with E-state index in [-0.39, 0.29) is 92.0 Å². The summed E-state index contributed by atoms with van der Waals surface area (Å²) in [6, 6.07) is 35.7. The van der Waals surface area contributed by atoms with E-state index in [1.165, 1.54) is 48.5 Å². The number of hydrogen-bond donors (Lipinski definition) is 16. The Morgan fingerprint density at radius 3 is 0.222 bits per heavy atom. The van der Waals surface area contributed by atoms with Crippen LogP contribution in [0.4, 0.5) is 0 Å². The lowest BCUT2D eigenvalue weighted by molar-refractivity contribution is 0.448. The molecule has 8 aromatic rings. The Kier molecular flexibility index (Phi) is 25.4. The van der Waals surface area contributed by atoms with Crippen LogP contribution in [0.3, 0.4) is 0 Å². The van der Waals surface area contributed by atoms with Crippen LogP contribution < -0.4 is 0 Å². The molecule has 0 unspecified atom stereocenters. The van der Waals surface area contributed by atoms with Crippen molar-refractivity contribution in [2.75, 3.05) is 0 Å². The van der Waals surface area contributed by atoms with Gasteiger partial charge in [-0.3, -0.25) is 0 Å². The van der Waals surface area contributed by atoms with E-state index in [9.17, 15) is 0 Å². The molecule has 8 rings (SSSR count).